The van der Waals surface area contributed by atoms with Crippen LogP contribution in [0.25, 0.3) is 0 Å². The molecule has 0 aromatic rings. The smallest absolute Gasteiger partial charge is 0.326 e. The lowest BCUT2D eigenvalue weighted by atomic mass is 10.0. The van der Waals surface area contributed by atoms with Gasteiger partial charge < -0.3 is 15.7 Å². The molecule has 0 aromatic carbocycles. The predicted molar refractivity (Wildman–Crippen MR) is 55.5 cm³/mol. The van der Waals surface area contributed by atoms with Gasteiger partial charge in [-0.15, -0.1) is 0 Å². The molecule has 1 saturated heterocycles. The number of nitrogens with zero attached hydrogens (tertiary/aromatic N) is 1. The Labute approximate surface area is 93.4 Å². The molecule has 0 aliphatic carbocycles. The van der Waals surface area contributed by atoms with E-state index < -0.39 is 30.1 Å². The summed E-state index contributed by atoms with van der Waals surface area (Å²) in [5.74, 6) is -1.76. The lowest BCUT2D eigenvalue weighted by Crippen LogP contribution is -2.50. The van der Waals surface area contributed by atoms with Crippen molar-refractivity contribution in [2.75, 3.05) is 6.54 Å². The van der Waals surface area contributed by atoms with Gasteiger partial charge in [-0.2, -0.15) is 0 Å². The van der Waals surface area contributed by atoms with Crippen molar-refractivity contribution in [1.82, 2.24) is 4.90 Å². The van der Waals surface area contributed by atoms with Gasteiger partial charge in [-0.1, -0.05) is 13.8 Å². The first-order valence-electron chi connectivity index (χ1n) is 5.27. The third-order valence-electron chi connectivity index (χ3n) is 2.82. The van der Waals surface area contributed by atoms with E-state index >= 15 is 0 Å². The van der Waals surface area contributed by atoms with E-state index in [1.165, 1.54) is 0 Å². The van der Waals surface area contributed by atoms with Crippen LogP contribution in [0.2, 0.25) is 0 Å². The number of carboxylic acid groups (broad SMARTS) is 1. The third kappa shape index (κ3) is 2.49. The first-order valence-corrected chi connectivity index (χ1v) is 5.27. The number of halogens is 1. The molecule has 0 aromatic heterocycles. The standard InChI is InChI=1S/C10H17FN2O3/c1-5(2)8(12)9(14)13-4-6(11)3-7(13)10(15)16/h5-8H,3-4,12H2,1-2H3,(H,15,16)/t6-,7?,8?/m0/s1. The molecule has 1 fully saturated rings. The molecule has 16 heavy (non-hydrogen) atoms. The molecule has 0 bridgehead atoms. The summed E-state index contributed by atoms with van der Waals surface area (Å²) in [6, 6.07) is -1.85. The monoisotopic (exact) mass is 232 g/mol. The largest absolute Gasteiger partial charge is 0.480 e. The minimum atomic E-state index is -1.27. The summed E-state index contributed by atoms with van der Waals surface area (Å²) in [5.41, 5.74) is 5.64. The maximum Gasteiger partial charge on any atom is 0.326 e. The second-order valence-corrected chi connectivity index (χ2v) is 4.45. The number of rotatable bonds is 3. The summed E-state index contributed by atoms with van der Waals surface area (Å²) in [4.78, 5) is 23.7. The molecular formula is C10H17FN2O3. The molecule has 1 rings (SSSR count). The predicted octanol–water partition coefficient (Wildman–Crippen LogP) is -0.00670. The quantitative estimate of drug-likeness (QED) is 0.717. The average Bonchev–Trinajstić information content (AvgIpc) is 2.58. The molecule has 3 atom stereocenters. The van der Waals surface area contributed by atoms with Gasteiger partial charge in [-0.05, 0) is 5.92 Å². The van der Waals surface area contributed by atoms with Gasteiger partial charge in [-0.3, -0.25) is 4.79 Å². The number of carbonyl (C=O) groups is 2. The number of carbonyl (C=O) groups excluding carboxylic acids is 1. The van der Waals surface area contributed by atoms with E-state index in [0.29, 0.717) is 0 Å². The topological polar surface area (TPSA) is 83.6 Å². The molecule has 0 saturated carbocycles. The van der Waals surface area contributed by atoms with Crippen LogP contribution >= 0.6 is 0 Å². The Balaban J connectivity index is 2.78. The summed E-state index contributed by atoms with van der Waals surface area (Å²) >= 11 is 0. The number of alkyl halides is 1. The van der Waals surface area contributed by atoms with Crippen molar-refractivity contribution in [3.63, 3.8) is 0 Å². The van der Waals surface area contributed by atoms with Gasteiger partial charge in [0.05, 0.1) is 12.6 Å². The van der Waals surface area contributed by atoms with Crippen LogP contribution in [0.1, 0.15) is 20.3 Å². The van der Waals surface area contributed by atoms with Gasteiger partial charge in [0.15, 0.2) is 0 Å². The Morgan fingerprint density at radius 3 is 2.50 bits per heavy atom. The Morgan fingerprint density at radius 1 is 1.50 bits per heavy atom. The van der Waals surface area contributed by atoms with Crippen LogP contribution < -0.4 is 5.73 Å². The van der Waals surface area contributed by atoms with Gasteiger partial charge >= 0.3 is 5.97 Å². The van der Waals surface area contributed by atoms with Gasteiger partial charge in [0.2, 0.25) is 5.91 Å². The van der Waals surface area contributed by atoms with E-state index in [9.17, 15) is 14.0 Å². The number of aliphatic carboxylic acids is 1. The van der Waals surface area contributed by atoms with Gasteiger partial charge in [0.1, 0.15) is 12.2 Å². The molecule has 5 nitrogen and oxygen atoms in total. The Morgan fingerprint density at radius 2 is 2.06 bits per heavy atom. The second-order valence-electron chi connectivity index (χ2n) is 4.45. The summed E-state index contributed by atoms with van der Waals surface area (Å²) in [7, 11) is 0. The average molecular weight is 232 g/mol. The number of hydrogen-bond acceptors (Lipinski definition) is 3. The molecule has 0 spiro atoms. The highest BCUT2D eigenvalue weighted by Gasteiger charge is 2.41. The van der Waals surface area contributed by atoms with Crippen LogP contribution in [-0.2, 0) is 9.59 Å². The fraction of sp³-hybridized carbons (Fsp3) is 0.800. The highest BCUT2D eigenvalue weighted by molar-refractivity contribution is 5.87. The van der Waals surface area contributed by atoms with Crippen molar-refractivity contribution < 1.29 is 19.1 Å². The van der Waals surface area contributed by atoms with E-state index in [1.54, 1.807) is 13.8 Å². The van der Waals surface area contributed by atoms with E-state index in [4.69, 9.17) is 10.8 Å². The number of hydrogen-bond donors (Lipinski definition) is 2. The van der Waals surface area contributed by atoms with Crippen LogP contribution in [0.3, 0.4) is 0 Å². The van der Waals surface area contributed by atoms with E-state index in [-0.39, 0.29) is 18.9 Å². The van der Waals surface area contributed by atoms with Crippen LogP contribution in [0.5, 0.6) is 0 Å². The minimum absolute atomic E-state index is 0.0967. The van der Waals surface area contributed by atoms with E-state index in [0.717, 1.165) is 4.90 Å². The molecular weight excluding hydrogens is 215 g/mol. The number of nitrogens with two attached hydrogens (primary N) is 1. The Bertz CT molecular complexity index is 296. The van der Waals surface area contributed by atoms with Crippen molar-refractivity contribution in [3.05, 3.63) is 0 Å². The maximum atomic E-state index is 13.1. The van der Waals surface area contributed by atoms with Gasteiger partial charge in [-0.25, -0.2) is 9.18 Å². The summed E-state index contributed by atoms with van der Waals surface area (Å²) in [5, 5.41) is 8.87. The SMILES string of the molecule is CC(C)C(N)C(=O)N1C[C@@H](F)CC1C(=O)O. The normalized spacial score (nSPS) is 27.2. The Kier molecular flexibility index (Phi) is 3.85. The first-order chi connectivity index (χ1) is 7.34. The lowest BCUT2D eigenvalue weighted by Gasteiger charge is -2.26. The van der Waals surface area contributed by atoms with E-state index in [2.05, 4.69) is 0 Å². The van der Waals surface area contributed by atoms with Crippen LogP contribution in [0.4, 0.5) is 4.39 Å². The minimum Gasteiger partial charge on any atom is -0.480 e. The number of likely N-dealkylation sites (tertiary alicyclic amines) is 1. The van der Waals surface area contributed by atoms with Crippen LogP contribution in [-0.4, -0.2) is 46.7 Å². The molecule has 6 heteroatoms. The fourth-order valence-electron chi connectivity index (χ4n) is 1.74. The molecule has 1 aliphatic heterocycles. The molecule has 1 aliphatic rings. The van der Waals surface area contributed by atoms with Crippen molar-refractivity contribution in [2.45, 2.75) is 38.5 Å². The van der Waals surface area contributed by atoms with Crippen molar-refractivity contribution in [2.24, 2.45) is 11.7 Å². The zero-order chi connectivity index (χ0) is 12.5. The second kappa shape index (κ2) is 4.78. The van der Waals surface area contributed by atoms with Gasteiger partial charge in [0, 0.05) is 6.42 Å². The van der Waals surface area contributed by atoms with E-state index in [1.807, 2.05) is 0 Å². The summed E-state index contributed by atoms with van der Waals surface area (Å²) < 4.78 is 13.1. The van der Waals surface area contributed by atoms with Gasteiger partial charge in [0.25, 0.3) is 0 Å². The summed E-state index contributed by atoms with van der Waals surface area (Å²) in [6.07, 6.45) is -1.42. The first kappa shape index (κ1) is 12.9. The molecule has 3 N–H and O–H groups in total. The van der Waals surface area contributed by atoms with Crippen LogP contribution in [0.15, 0.2) is 0 Å². The zero-order valence-electron chi connectivity index (χ0n) is 9.39. The molecule has 1 amide bonds. The molecule has 2 unspecified atom stereocenters. The highest BCUT2D eigenvalue weighted by Crippen LogP contribution is 2.22. The Hall–Kier alpha value is -1.17. The zero-order valence-corrected chi connectivity index (χ0v) is 9.39. The fourth-order valence-corrected chi connectivity index (χ4v) is 1.74. The third-order valence-corrected chi connectivity index (χ3v) is 2.82. The lowest BCUT2D eigenvalue weighted by molar-refractivity contribution is -0.149. The van der Waals surface area contributed by atoms with Crippen molar-refractivity contribution in [1.29, 1.82) is 0 Å². The molecule has 1 heterocycles. The number of amides is 1. The maximum absolute atomic E-state index is 13.1. The molecule has 0 radical (unpaired) electrons. The highest BCUT2D eigenvalue weighted by atomic mass is 19.1. The van der Waals surface area contributed by atoms with Crippen molar-refractivity contribution >= 4 is 11.9 Å². The van der Waals surface area contributed by atoms with Crippen LogP contribution in [0, 0.1) is 5.92 Å². The number of carboxylic acids is 1. The molecule has 92 valence electrons. The van der Waals surface area contributed by atoms with Crippen molar-refractivity contribution in [3.8, 4) is 0 Å². The summed E-state index contributed by atoms with van der Waals surface area (Å²) in [6.45, 7) is 3.36.